The normalized spacial score (nSPS) is 15.2. The minimum Gasteiger partial charge on any atom is -0.354 e. The average molecular weight is 456 g/mol. The lowest BCUT2D eigenvalue weighted by atomic mass is 9.92. The number of carbonyl (C=O) groups is 3. The van der Waals surface area contributed by atoms with Crippen LogP contribution in [-0.2, 0) is 27.3 Å². The monoisotopic (exact) mass is 455 g/mol. The van der Waals surface area contributed by atoms with Crippen molar-refractivity contribution in [3.8, 4) is 0 Å². The minimum atomic E-state index is -0.529. The molecule has 0 saturated heterocycles. The lowest BCUT2D eigenvalue weighted by Gasteiger charge is -2.36. The molecule has 170 valence electrons. The van der Waals surface area contributed by atoms with Crippen LogP contribution in [0.25, 0.3) is 0 Å². The van der Waals surface area contributed by atoms with Gasteiger partial charge in [0.25, 0.3) is 0 Å². The predicted octanol–water partition coefficient (Wildman–Crippen LogP) is 4.17. The molecule has 6 nitrogen and oxygen atoms in total. The van der Waals surface area contributed by atoms with Crippen molar-refractivity contribution in [1.29, 1.82) is 0 Å². The molecule has 1 aliphatic heterocycles. The van der Waals surface area contributed by atoms with Gasteiger partial charge in [-0.1, -0.05) is 49.7 Å². The maximum Gasteiger partial charge on any atom is 0.243 e. The molecule has 0 spiro atoms. The first-order valence-corrected chi connectivity index (χ1v) is 11.4. The van der Waals surface area contributed by atoms with Gasteiger partial charge in [-0.2, -0.15) is 0 Å². The highest BCUT2D eigenvalue weighted by molar-refractivity contribution is 6.30. The van der Waals surface area contributed by atoms with E-state index in [0.717, 1.165) is 11.1 Å². The highest BCUT2D eigenvalue weighted by atomic mass is 35.5. The Morgan fingerprint density at radius 2 is 1.75 bits per heavy atom. The summed E-state index contributed by atoms with van der Waals surface area (Å²) in [7, 11) is 0. The molecule has 0 radical (unpaired) electrons. The van der Waals surface area contributed by atoms with Gasteiger partial charge in [0.2, 0.25) is 17.7 Å². The predicted molar refractivity (Wildman–Crippen MR) is 126 cm³/mol. The van der Waals surface area contributed by atoms with E-state index in [0.29, 0.717) is 43.1 Å². The van der Waals surface area contributed by atoms with Gasteiger partial charge in [0, 0.05) is 43.1 Å². The number of benzene rings is 2. The third kappa shape index (κ3) is 6.57. The van der Waals surface area contributed by atoms with Gasteiger partial charge in [0.05, 0.1) is 0 Å². The van der Waals surface area contributed by atoms with E-state index in [-0.39, 0.29) is 30.1 Å². The Labute approximate surface area is 194 Å². The number of fused-ring (bicyclic) bond motifs is 1. The molecular formula is C25H30ClN3O3. The fraction of sp³-hybridized carbons (Fsp3) is 0.400. The SMILES string of the molecule is CC(C)CC(=O)N1Cc2ccccc2CC1C(=O)NCCCC(=O)Nc1ccc(Cl)cc1. The summed E-state index contributed by atoms with van der Waals surface area (Å²) in [5, 5.41) is 6.33. The first-order chi connectivity index (χ1) is 15.3. The number of nitrogens with one attached hydrogen (secondary N) is 2. The Kier molecular flexibility index (Phi) is 8.28. The molecule has 1 unspecified atom stereocenters. The molecule has 1 heterocycles. The van der Waals surface area contributed by atoms with Crippen molar-refractivity contribution in [2.45, 2.75) is 52.1 Å². The Balaban J connectivity index is 1.53. The molecule has 1 aliphatic rings. The average Bonchev–Trinajstić information content (AvgIpc) is 2.76. The molecule has 2 N–H and O–H groups in total. The van der Waals surface area contributed by atoms with Crippen LogP contribution in [0.4, 0.5) is 5.69 Å². The van der Waals surface area contributed by atoms with Crippen molar-refractivity contribution < 1.29 is 14.4 Å². The number of nitrogens with zero attached hydrogens (tertiary/aromatic N) is 1. The Morgan fingerprint density at radius 1 is 1.06 bits per heavy atom. The van der Waals surface area contributed by atoms with Gasteiger partial charge in [-0.3, -0.25) is 14.4 Å². The van der Waals surface area contributed by atoms with Gasteiger partial charge in [-0.05, 0) is 47.7 Å². The number of amides is 3. The molecule has 7 heteroatoms. The standard InChI is InChI=1S/C25H30ClN3O3/c1-17(2)14-24(31)29-16-19-7-4-3-6-18(19)15-22(29)25(32)27-13-5-8-23(30)28-21-11-9-20(26)10-12-21/h3-4,6-7,9-12,17,22H,5,8,13-16H2,1-2H3,(H,27,32)(H,28,30). The van der Waals surface area contributed by atoms with Gasteiger partial charge >= 0.3 is 0 Å². The highest BCUT2D eigenvalue weighted by Crippen LogP contribution is 2.25. The molecule has 3 amide bonds. The summed E-state index contributed by atoms with van der Waals surface area (Å²) in [6.07, 6.45) is 1.71. The molecule has 32 heavy (non-hydrogen) atoms. The molecule has 3 rings (SSSR count). The minimum absolute atomic E-state index is 0.00278. The quantitative estimate of drug-likeness (QED) is 0.586. The van der Waals surface area contributed by atoms with Gasteiger partial charge < -0.3 is 15.5 Å². The number of hydrogen-bond donors (Lipinski definition) is 2. The Hall–Kier alpha value is -2.86. The first-order valence-electron chi connectivity index (χ1n) is 11.0. The number of carbonyl (C=O) groups excluding carboxylic acids is 3. The largest absolute Gasteiger partial charge is 0.354 e. The molecule has 0 aromatic heterocycles. The van der Waals surface area contributed by atoms with Crippen molar-refractivity contribution in [3.05, 3.63) is 64.7 Å². The van der Waals surface area contributed by atoms with Crippen LogP contribution in [-0.4, -0.2) is 35.2 Å². The van der Waals surface area contributed by atoms with Crippen LogP contribution in [0, 0.1) is 5.92 Å². The first kappa shape index (κ1) is 23.8. The third-order valence-corrected chi connectivity index (χ3v) is 5.71. The molecule has 0 fully saturated rings. The van der Waals surface area contributed by atoms with E-state index < -0.39 is 6.04 Å². The second-order valence-corrected chi connectivity index (χ2v) is 8.99. The molecule has 1 atom stereocenters. The molecule has 2 aromatic carbocycles. The van der Waals surface area contributed by atoms with Crippen molar-refractivity contribution >= 4 is 35.0 Å². The maximum absolute atomic E-state index is 13.0. The van der Waals surface area contributed by atoms with E-state index in [1.54, 1.807) is 29.2 Å². The summed E-state index contributed by atoms with van der Waals surface area (Å²) < 4.78 is 0. The van der Waals surface area contributed by atoms with Crippen LogP contribution in [0.3, 0.4) is 0 Å². The summed E-state index contributed by atoms with van der Waals surface area (Å²) in [6, 6.07) is 14.3. The zero-order valence-electron chi connectivity index (χ0n) is 18.6. The lowest BCUT2D eigenvalue weighted by Crippen LogP contribution is -2.52. The number of halogens is 1. The zero-order valence-corrected chi connectivity index (χ0v) is 19.3. The van der Waals surface area contributed by atoms with Crippen LogP contribution in [0.15, 0.2) is 48.5 Å². The fourth-order valence-electron chi connectivity index (χ4n) is 3.82. The molecule has 0 saturated carbocycles. The summed E-state index contributed by atoms with van der Waals surface area (Å²) in [4.78, 5) is 39.6. The van der Waals surface area contributed by atoms with E-state index in [9.17, 15) is 14.4 Å². The van der Waals surface area contributed by atoms with Crippen LogP contribution >= 0.6 is 11.6 Å². The van der Waals surface area contributed by atoms with E-state index in [4.69, 9.17) is 11.6 Å². The van der Waals surface area contributed by atoms with Gasteiger partial charge in [-0.15, -0.1) is 0 Å². The third-order valence-electron chi connectivity index (χ3n) is 5.46. The van der Waals surface area contributed by atoms with Crippen molar-refractivity contribution in [2.24, 2.45) is 5.92 Å². The van der Waals surface area contributed by atoms with Crippen LogP contribution in [0.2, 0.25) is 5.02 Å². The maximum atomic E-state index is 13.0. The molecule has 0 bridgehead atoms. The summed E-state index contributed by atoms with van der Waals surface area (Å²) >= 11 is 5.85. The number of rotatable bonds is 8. The fourth-order valence-corrected chi connectivity index (χ4v) is 3.95. The topological polar surface area (TPSA) is 78.5 Å². The van der Waals surface area contributed by atoms with E-state index in [1.807, 2.05) is 38.1 Å². The van der Waals surface area contributed by atoms with Gasteiger partial charge in [0.1, 0.15) is 6.04 Å². The molecular weight excluding hydrogens is 426 g/mol. The lowest BCUT2D eigenvalue weighted by molar-refractivity contribution is -0.142. The molecule has 2 aromatic rings. The van der Waals surface area contributed by atoms with Crippen LogP contribution < -0.4 is 10.6 Å². The van der Waals surface area contributed by atoms with Crippen LogP contribution in [0.1, 0.15) is 44.2 Å². The van der Waals surface area contributed by atoms with E-state index >= 15 is 0 Å². The highest BCUT2D eigenvalue weighted by Gasteiger charge is 2.34. The van der Waals surface area contributed by atoms with Gasteiger partial charge in [-0.25, -0.2) is 0 Å². The summed E-state index contributed by atoms with van der Waals surface area (Å²) in [5.41, 5.74) is 2.87. The van der Waals surface area contributed by atoms with E-state index in [1.165, 1.54) is 0 Å². The van der Waals surface area contributed by atoms with E-state index in [2.05, 4.69) is 10.6 Å². The second-order valence-electron chi connectivity index (χ2n) is 8.56. The smallest absolute Gasteiger partial charge is 0.243 e. The zero-order chi connectivity index (χ0) is 23.1. The molecule has 0 aliphatic carbocycles. The summed E-state index contributed by atoms with van der Waals surface area (Å²) in [6.45, 7) is 4.82. The van der Waals surface area contributed by atoms with Gasteiger partial charge in [0.15, 0.2) is 0 Å². The van der Waals surface area contributed by atoms with Crippen molar-refractivity contribution in [3.63, 3.8) is 0 Å². The second kappa shape index (κ2) is 11.1. The number of anilines is 1. The Bertz CT molecular complexity index is 959. The van der Waals surface area contributed by atoms with Crippen LogP contribution in [0.5, 0.6) is 0 Å². The Morgan fingerprint density at radius 3 is 2.44 bits per heavy atom. The summed E-state index contributed by atoms with van der Waals surface area (Å²) in [5.74, 6) is -0.0730. The van der Waals surface area contributed by atoms with Crippen molar-refractivity contribution in [2.75, 3.05) is 11.9 Å². The number of hydrogen-bond acceptors (Lipinski definition) is 3. The van der Waals surface area contributed by atoms with Crippen molar-refractivity contribution in [1.82, 2.24) is 10.2 Å².